The standard InChI is InChI=1S/C12H28N2/c1-7-8-10-13(5)14(6)11-9-12(2,3)4/h7-11H2,1-6H3. The molecule has 0 aromatic rings. The van der Waals surface area contributed by atoms with E-state index in [1.807, 2.05) is 0 Å². The summed E-state index contributed by atoms with van der Waals surface area (Å²) in [5, 5.41) is 4.66. The first-order valence-corrected chi connectivity index (χ1v) is 5.79. The third-order valence-corrected chi connectivity index (χ3v) is 2.60. The van der Waals surface area contributed by atoms with Crippen LogP contribution < -0.4 is 0 Å². The van der Waals surface area contributed by atoms with Crippen molar-refractivity contribution in [1.29, 1.82) is 0 Å². The molecule has 2 heteroatoms. The fourth-order valence-corrected chi connectivity index (χ4v) is 1.23. The predicted octanol–water partition coefficient (Wildman–Crippen LogP) is 3.00. The summed E-state index contributed by atoms with van der Waals surface area (Å²) >= 11 is 0. The Morgan fingerprint density at radius 1 is 0.929 bits per heavy atom. The average Bonchev–Trinajstić information content (AvgIpc) is 2.09. The normalized spacial score (nSPS) is 12.9. The van der Waals surface area contributed by atoms with Crippen LogP contribution in [0, 0.1) is 5.41 Å². The second kappa shape index (κ2) is 6.41. The monoisotopic (exact) mass is 200 g/mol. The molecule has 14 heavy (non-hydrogen) atoms. The third-order valence-electron chi connectivity index (χ3n) is 2.60. The molecule has 0 aliphatic rings. The molecule has 0 spiro atoms. The highest BCUT2D eigenvalue weighted by Crippen LogP contribution is 2.18. The van der Waals surface area contributed by atoms with E-state index in [0.29, 0.717) is 5.41 Å². The van der Waals surface area contributed by atoms with E-state index in [2.05, 4.69) is 51.8 Å². The highest BCUT2D eigenvalue weighted by Gasteiger charge is 2.12. The lowest BCUT2D eigenvalue weighted by atomic mass is 9.92. The van der Waals surface area contributed by atoms with Crippen LogP contribution in [0.2, 0.25) is 0 Å². The van der Waals surface area contributed by atoms with E-state index in [-0.39, 0.29) is 0 Å². The van der Waals surface area contributed by atoms with Gasteiger partial charge in [-0.3, -0.25) is 0 Å². The molecule has 86 valence electrons. The molecule has 0 saturated carbocycles. The molecule has 0 N–H and O–H groups in total. The minimum Gasteiger partial charge on any atom is -0.245 e. The smallest absolute Gasteiger partial charge is 0.0135 e. The molecule has 0 unspecified atom stereocenters. The molecule has 0 bridgehead atoms. The van der Waals surface area contributed by atoms with Gasteiger partial charge in [0.15, 0.2) is 0 Å². The van der Waals surface area contributed by atoms with Gasteiger partial charge in [0.05, 0.1) is 0 Å². The first-order valence-electron chi connectivity index (χ1n) is 5.79. The van der Waals surface area contributed by atoms with Gasteiger partial charge in [-0.05, 0) is 18.3 Å². The summed E-state index contributed by atoms with van der Waals surface area (Å²) in [4.78, 5) is 0. The van der Waals surface area contributed by atoms with Gasteiger partial charge in [0.1, 0.15) is 0 Å². The molecular weight excluding hydrogens is 172 g/mol. The van der Waals surface area contributed by atoms with E-state index in [0.717, 1.165) is 6.54 Å². The third kappa shape index (κ3) is 7.34. The first kappa shape index (κ1) is 13.9. The van der Waals surface area contributed by atoms with Gasteiger partial charge in [-0.15, -0.1) is 0 Å². The van der Waals surface area contributed by atoms with Crippen LogP contribution in [0.1, 0.15) is 47.0 Å². The van der Waals surface area contributed by atoms with Gasteiger partial charge in [-0.25, -0.2) is 10.0 Å². The van der Waals surface area contributed by atoms with E-state index < -0.39 is 0 Å². The number of hydrogen-bond acceptors (Lipinski definition) is 2. The van der Waals surface area contributed by atoms with Gasteiger partial charge < -0.3 is 0 Å². The zero-order chi connectivity index (χ0) is 11.2. The maximum atomic E-state index is 2.33. The minimum atomic E-state index is 0.444. The van der Waals surface area contributed by atoms with E-state index >= 15 is 0 Å². The summed E-state index contributed by atoms with van der Waals surface area (Å²) in [6.45, 7) is 11.5. The summed E-state index contributed by atoms with van der Waals surface area (Å²) < 4.78 is 0. The largest absolute Gasteiger partial charge is 0.245 e. The van der Waals surface area contributed by atoms with Crippen LogP contribution in [0.25, 0.3) is 0 Å². The van der Waals surface area contributed by atoms with Gasteiger partial charge in [0, 0.05) is 27.2 Å². The lowest BCUT2D eigenvalue weighted by molar-refractivity contribution is 0.0171. The fourth-order valence-electron chi connectivity index (χ4n) is 1.23. The Morgan fingerprint density at radius 2 is 1.43 bits per heavy atom. The summed E-state index contributed by atoms with van der Waals surface area (Å²) in [7, 11) is 4.36. The molecule has 0 aromatic heterocycles. The molecule has 0 saturated heterocycles. The molecule has 0 aliphatic carbocycles. The number of rotatable bonds is 6. The molecule has 0 aromatic carbocycles. The zero-order valence-corrected chi connectivity index (χ0v) is 10.9. The molecule has 0 radical (unpaired) electrons. The van der Waals surface area contributed by atoms with Crippen LogP contribution >= 0.6 is 0 Å². The highest BCUT2D eigenvalue weighted by atomic mass is 15.6. The van der Waals surface area contributed by atoms with Crippen molar-refractivity contribution in [1.82, 2.24) is 10.0 Å². The van der Waals surface area contributed by atoms with Gasteiger partial charge in [0.2, 0.25) is 0 Å². The number of nitrogens with zero attached hydrogens (tertiary/aromatic N) is 2. The van der Waals surface area contributed by atoms with Crippen molar-refractivity contribution in [2.24, 2.45) is 5.41 Å². The zero-order valence-electron chi connectivity index (χ0n) is 10.9. The van der Waals surface area contributed by atoms with Crippen LogP contribution in [-0.4, -0.2) is 37.2 Å². The van der Waals surface area contributed by atoms with Crippen molar-refractivity contribution in [3.05, 3.63) is 0 Å². The SMILES string of the molecule is CCCCN(C)N(C)CCC(C)(C)C. The van der Waals surface area contributed by atoms with Crippen molar-refractivity contribution in [2.45, 2.75) is 47.0 Å². The topological polar surface area (TPSA) is 6.48 Å². The predicted molar refractivity (Wildman–Crippen MR) is 64.2 cm³/mol. The maximum Gasteiger partial charge on any atom is 0.0135 e. The number of hydrogen-bond donors (Lipinski definition) is 0. The van der Waals surface area contributed by atoms with E-state index in [4.69, 9.17) is 0 Å². The minimum absolute atomic E-state index is 0.444. The number of hydrazine groups is 1. The van der Waals surface area contributed by atoms with Gasteiger partial charge in [0.25, 0.3) is 0 Å². The summed E-state index contributed by atoms with van der Waals surface area (Å²) in [5.74, 6) is 0. The highest BCUT2D eigenvalue weighted by molar-refractivity contribution is 4.63. The van der Waals surface area contributed by atoms with Crippen molar-refractivity contribution in [2.75, 3.05) is 27.2 Å². The Balaban J connectivity index is 3.67. The molecule has 0 fully saturated rings. The van der Waals surface area contributed by atoms with Crippen molar-refractivity contribution >= 4 is 0 Å². The second-order valence-electron chi connectivity index (χ2n) is 5.43. The summed E-state index contributed by atoms with van der Waals surface area (Å²) in [6, 6.07) is 0. The molecule has 2 nitrogen and oxygen atoms in total. The number of unbranched alkanes of at least 4 members (excludes halogenated alkanes) is 1. The summed E-state index contributed by atoms with van der Waals surface area (Å²) in [5.41, 5.74) is 0.444. The second-order valence-corrected chi connectivity index (χ2v) is 5.43. The molecule has 0 aliphatic heterocycles. The van der Waals surface area contributed by atoms with E-state index in [1.54, 1.807) is 0 Å². The molecule has 0 rings (SSSR count). The Kier molecular flexibility index (Phi) is 6.38. The summed E-state index contributed by atoms with van der Waals surface area (Å²) in [6.07, 6.45) is 3.81. The van der Waals surface area contributed by atoms with Crippen LogP contribution in [0.5, 0.6) is 0 Å². The van der Waals surface area contributed by atoms with Gasteiger partial charge >= 0.3 is 0 Å². The Morgan fingerprint density at radius 3 is 1.86 bits per heavy atom. The van der Waals surface area contributed by atoms with Crippen LogP contribution in [0.15, 0.2) is 0 Å². The Bertz CT molecular complexity index is 138. The molecular formula is C12H28N2. The maximum absolute atomic E-state index is 2.33. The lowest BCUT2D eigenvalue weighted by Gasteiger charge is -2.30. The molecule has 0 heterocycles. The lowest BCUT2D eigenvalue weighted by Crippen LogP contribution is -2.38. The fraction of sp³-hybridized carbons (Fsp3) is 1.00. The van der Waals surface area contributed by atoms with Crippen LogP contribution in [-0.2, 0) is 0 Å². The van der Waals surface area contributed by atoms with Crippen molar-refractivity contribution in [3.63, 3.8) is 0 Å². The quantitative estimate of drug-likeness (QED) is 0.608. The van der Waals surface area contributed by atoms with Crippen LogP contribution in [0.3, 0.4) is 0 Å². The Labute approximate surface area is 90.2 Å². The molecule has 0 atom stereocenters. The first-order chi connectivity index (χ1) is 6.37. The average molecular weight is 200 g/mol. The Hall–Kier alpha value is -0.0800. The molecule has 0 amide bonds. The van der Waals surface area contributed by atoms with Gasteiger partial charge in [-0.2, -0.15) is 0 Å². The van der Waals surface area contributed by atoms with Crippen LogP contribution in [0.4, 0.5) is 0 Å². The van der Waals surface area contributed by atoms with E-state index in [1.165, 1.54) is 25.8 Å². The van der Waals surface area contributed by atoms with Crippen molar-refractivity contribution in [3.8, 4) is 0 Å². The van der Waals surface area contributed by atoms with E-state index in [9.17, 15) is 0 Å². The van der Waals surface area contributed by atoms with Crippen molar-refractivity contribution < 1.29 is 0 Å². The van der Waals surface area contributed by atoms with Gasteiger partial charge in [-0.1, -0.05) is 34.1 Å².